The fourth-order valence-corrected chi connectivity index (χ4v) is 2.78. The quantitative estimate of drug-likeness (QED) is 0.695. The van der Waals surface area contributed by atoms with Crippen molar-refractivity contribution in [1.29, 1.82) is 0 Å². The van der Waals surface area contributed by atoms with Gasteiger partial charge in [0.25, 0.3) is 0 Å². The lowest BCUT2D eigenvalue weighted by Gasteiger charge is -2.05. The molecule has 1 unspecified atom stereocenters. The van der Waals surface area contributed by atoms with E-state index in [1.165, 1.54) is 0 Å². The van der Waals surface area contributed by atoms with Crippen molar-refractivity contribution in [3.8, 4) is 0 Å². The van der Waals surface area contributed by atoms with Crippen molar-refractivity contribution in [2.45, 2.75) is 38.6 Å². The predicted octanol–water partition coefficient (Wildman–Crippen LogP) is 0.868. The fourth-order valence-electron chi connectivity index (χ4n) is 1.32. The molecule has 0 bridgehead atoms. The second kappa shape index (κ2) is 3.54. The summed E-state index contributed by atoms with van der Waals surface area (Å²) in [5.74, 6) is 0.321. The Labute approximate surface area is 68.2 Å². The molecule has 0 aromatic carbocycles. The van der Waals surface area contributed by atoms with Crippen molar-refractivity contribution in [1.82, 2.24) is 4.72 Å². The first-order chi connectivity index (χ1) is 5.14. The molecule has 0 aromatic heterocycles. The van der Waals surface area contributed by atoms with Crippen molar-refractivity contribution in [2.24, 2.45) is 0 Å². The number of hydrogen-bond acceptors (Lipinski definition) is 2. The molecule has 1 fully saturated rings. The molecule has 0 aromatic rings. The molecule has 66 valence electrons. The van der Waals surface area contributed by atoms with Crippen LogP contribution >= 0.6 is 0 Å². The van der Waals surface area contributed by atoms with E-state index >= 15 is 0 Å². The minimum Gasteiger partial charge on any atom is -0.212 e. The van der Waals surface area contributed by atoms with E-state index in [9.17, 15) is 8.42 Å². The maximum absolute atomic E-state index is 10.9. The van der Waals surface area contributed by atoms with Crippen LogP contribution in [0.2, 0.25) is 0 Å². The highest BCUT2D eigenvalue weighted by Crippen LogP contribution is 2.13. The average molecular weight is 177 g/mol. The van der Waals surface area contributed by atoms with Gasteiger partial charge in [-0.25, -0.2) is 13.1 Å². The number of hydrogen-bond donors (Lipinski definition) is 1. The van der Waals surface area contributed by atoms with E-state index in [1.54, 1.807) is 0 Å². The first-order valence-corrected chi connectivity index (χ1v) is 5.79. The first kappa shape index (κ1) is 9.00. The lowest BCUT2D eigenvalue weighted by Crippen LogP contribution is -2.25. The minimum absolute atomic E-state index is 0.222. The third kappa shape index (κ3) is 2.79. The van der Waals surface area contributed by atoms with Gasteiger partial charge >= 0.3 is 0 Å². The first-order valence-electron chi connectivity index (χ1n) is 4.14. The largest absolute Gasteiger partial charge is 0.212 e. The summed E-state index contributed by atoms with van der Waals surface area (Å²) in [6, 6.07) is 0.222. The van der Waals surface area contributed by atoms with Crippen molar-refractivity contribution < 1.29 is 8.42 Å². The molecule has 1 atom stereocenters. The number of rotatable bonds is 3. The minimum atomic E-state index is -2.88. The van der Waals surface area contributed by atoms with Gasteiger partial charge < -0.3 is 0 Å². The molecule has 1 saturated heterocycles. The molecular weight excluding hydrogens is 162 g/mol. The summed E-state index contributed by atoms with van der Waals surface area (Å²) in [6.07, 6.45) is 4.05. The zero-order chi connectivity index (χ0) is 8.32. The van der Waals surface area contributed by atoms with Gasteiger partial charge in [-0.3, -0.25) is 0 Å². The smallest absolute Gasteiger partial charge is 0.211 e. The van der Waals surface area contributed by atoms with Crippen LogP contribution in [0.1, 0.15) is 32.6 Å². The molecule has 3 nitrogen and oxygen atoms in total. The van der Waals surface area contributed by atoms with E-state index < -0.39 is 10.0 Å². The van der Waals surface area contributed by atoms with Crippen molar-refractivity contribution in [3.63, 3.8) is 0 Å². The normalized spacial score (nSPS) is 29.0. The Morgan fingerprint density at radius 3 is 2.73 bits per heavy atom. The molecule has 0 aliphatic carbocycles. The Hall–Kier alpha value is -0.0900. The van der Waals surface area contributed by atoms with Crippen LogP contribution in [0.25, 0.3) is 0 Å². The zero-order valence-corrected chi connectivity index (χ0v) is 7.65. The summed E-state index contributed by atoms with van der Waals surface area (Å²) < 4.78 is 24.4. The van der Waals surface area contributed by atoms with Crippen LogP contribution in [0.4, 0.5) is 0 Å². The Bertz CT molecular complexity index is 210. The highest BCUT2D eigenvalue weighted by molar-refractivity contribution is 7.89. The second-order valence-corrected chi connectivity index (χ2v) is 4.94. The zero-order valence-electron chi connectivity index (χ0n) is 6.84. The molecule has 4 heteroatoms. The molecule has 1 heterocycles. The molecule has 1 rings (SSSR count). The van der Waals surface area contributed by atoms with Gasteiger partial charge in [0.1, 0.15) is 0 Å². The van der Waals surface area contributed by atoms with Gasteiger partial charge in [0.15, 0.2) is 0 Å². The average Bonchev–Trinajstić information content (AvgIpc) is 2.26. The van der Waals surface area contributed by atoms with Gasteiger partial charge in [-0.05, 0) is 12.8 Å². The van der Waals surface area contributed by atoms with E-state index in [4.69, 9.17) is 0 Å². The fraction of sp³-hybridized carbons (Fsp3) is 1.00. The summed E-state index contributed by atoms with van der Waals surface area (Å²) in [5, 5.41) is 0. The summed E-state index contributed by atoms with van der Waals surface area (Å²) in [7, 11) is -2.88. The van der Waals surface area contributed by atoms with Gasteiger partial charge in [0, 0.05) is 6.04 Å². The van der Waals surface area contributed by atoms with Crippen LogP contribution in [0.3, 0.4) is 0 Å². The van der Waals surface area contributed by atoms with E-state index in [0.29, 0.717) is 5.75 Å². The highest BCUT2D eigenvalue weighted by atomic mass is 32.2. The molecule has 0 radical (unpaired) electrons. The van der Waals surface area contributed by atoms with Crippen molar-refractivity contribution in [3.05, 3.63) is 0 Å². The summed E-state index contributed by atoms with van der Waals surface area (Å²) in [4.78, 5) is 0. The molecule has 0 saturated carbocycles. The van der Waals surface area contributed by atoms with E-state index in [2.05, 4.69) is 11.6 Å². The van der Waals surface area contributed by atoms with Gasteiger partial charge in [0.05, 0.1) is 5.75 Å². The molecule has 0 amide bonds. The van der Waals surface area contributed by atoms with Gasteiger partial charge in [-0.2, -0.15) is 0 Å². The van der Waals surface area contributed by atoms with Gasteiger partial charge in [-0.1, -0.05) is 19.8 Å². The Balaban J connectivity index is 2.31. The maximum Gasteiger partial charge on any atom is 0.211 e. The Morgan fingerprint density at radius 1 is 1.55 bits per heavy atom. The standard InChI is InChI=1S/C7H15NO2S/c1-2-3-4-7-5-6-11(9,10)8-7/h7-8H,2-6H2,1H3. The molecule has 1 aliphatic rings. The van der Waals surface area contributed by atoms with Crippen LogP contribution in [-0.2, 0) is 10.0 Å². The lowest BCUT2D eigenvalue weighted by atomic mass is 10.1. The molecule has 1 aliphatic heterocycles. The number of unbranched alkanes of at least 4 members (excludes halogenated alkanes) is 1. The number of sulfonamides is 1. The van der Waals surface area contributed by atoms with Crippen LogP contribution in [0, 0.1) is 0 Å². The Morgan fingerprint density at radius 2 is 2.27 bits per heavy atom. The van der Waals surface area contributed by atoms with Gasteiger partial charge in [0.2, 0.25) is 10.0 Å². The summed E-state index contributed by atoms with van der Waals surface area (Å²) in [6.45, 7) is 2.11. The summed E-state index contributed by atoms with van der Waals surface area (Å²) >= 11 is 0. The Kier molecular flexibility index (Phi) is 2.90. The van der Waals surface area contributed by atoms with Crippen LogP contribution in [0.5, 0.6) is 0 Å². The van der Waals surface area contributed by atoms with Crippen LogP contribution in [0.15, 0.2) is 0 Å². The van der Waals surface area contributed by atoms with E-state index in [-0.39, 0.29) is 6.04 Å². The topological polar surface area (TPSA) is 46.2 Å². The van der Waals surface area contributed by atoms with Crippen molar-refractivity contribution in [2.75, 3.05) is 5.75 Å². The molecule has 0 spiro atoms. The van der Waals surface area contributed by atoms with Gasteiger partial charge in [-0.15, -0.1) is 0 Å². The third-order valence-corrected chi connectivity index (χ3v) is 3.45. The molecule has 11 heavy (non-hydrogen) atoms. The second-order valence-electron chi connectivity index (χ2n) is 3.06. The van der Waals surface area contributed by atoms with Crippen LogP contribution < -0.4 is 4.72 Å². The van der Waals surface area contributed by atoms with E-state index in [1.807, 2.05) is 0 Å². The van der Waals surface area contributed by atoms with Crippen LogP contribution in [-0.4, -0.2) is 20.2 Å². The van der Waals surface area contributed by atoms with Crippen molar-refractivity contribution >= 4 is 10.0 Å². The third-order valence-electron chi connectivity index (χ3n) is 1.99. The monoisotopic (exact) mass is 177 g/mol. The number of nitrogens with one attached hydrogen (secondary N) is 1. The lowest BCUT2D eigenvalue weighted by molar-refractivity contribution is 0.541. The SMILES string of the molecule is CCCCC1CCS(=O)(=O)N1. The summed E-state index contributed by atoms with van der Waals surface area (Å²) in [5.41, 5.74) is 0. The molecular formula is C7H15NO2S. The van der Waals surface area contributed by atoms with E-state index in [0.717, 1.165) is 25.7 Å². The predicted molar refractivity (Wildman–Crippen MR) is 44.9 cm³/mol. The maximum atomic E-state index is 10.9. The molecule has 1 N–H and O–H groups in total. The highest BCUT2D eigenvalue weighted by Gasteiger charge is 2.25.